The average molecular weight is 441 g/mol. The zero-order valence-electron chi connectivity index (χ0n) is 19.0. The topological polar surface area (TPSA) is 75.4 Å². The summed E-state index contributed by atoms with van der Waals surface area (Å²) in [6, 6.07) is 20.4. The van der Waals surface area contributed by atoms with Crippen molar-refractivity contribution in [1.29, 1.82) is 0 Å². The Hall–Kier alpha value is -3.74. The van der Waals surface area contributed by atoms with Gasteiger partial charge in [0, 0.05) is 31.1 Å². The minimum Gasteiger partial charge on any atom is -0.355 e. The van der Waals surface area contributed by atoms with E-state index in [0.717, 1.165) is 54.3 Å². The molecule has 0 radical (unpaired) electrons. The van der Waals surface area contributed by atoms with E-state index in [1.807, 2.05) is 24.3 Å². The van der Waals surface area contributed by atoms with Crippen LogP contribution in [0.15, 0.2) is 60.7 Å². The van der Waals surface area contributed by atoms with E-state index in [9.17, 15) is 4.79 Å². The van der Waals surface area contributed by atoms with Crippen LogP contribution in [0.5, 0.6) is 0 Å². The van der Waals surface area contributed by atoms with E-state index in [-0.39, 0.29) is 11.8 Å². The van der Waals surface area contributed by atoms with Gasteiger partial charge < -0.3 is 10.2 Å². The fraction of sp³-hybridized carbons (Fsp3) is 0.308. The molecule has 1 saturated heterocycles. The van der Waals surface area contributed by atoms with Crippen molar-refractivity contribution in [2.75, 3.05) is 18.0 Å². The molecule has 168 valence electrons. The van der Waals surface area contributed by atoms with Crippen LogP contribution in [-0.4, -0.2) is 38.8 Å². The zero-order valence-corrected chi connectivity index (χ0v) is 19.0. The van der Waals surface area contributed by atoms with Crippen LogP contribution >= 0.6 is 0 Å². The molecule has 3 heterocycles. The molecule has 33 heavy (non-hydrogen) atoms. The molecule has 1 aliphatic rings. The van der Waals surface area contributed by atoms with E-state index in [2.05, 4.69) is 70.7 Å². The first kappa shape index (κ1) is 21.1. The van der Waals surface area contributed by atoms with Crippen LogP contribution in [0.4, 0.5) is 5.82 Å². The van der Waals surface area contributed by atoms with E-state index in [1.165, 1.54) is 11.1 Å². The first-order chi connectivity index (χ1) is 16.1. The maximum Gasteiger partial charge on any atom is 0.223 e. The second-order valence-electron chi connectivity index (χ2n) is 8.82. The summed E-state index contributed by atoms with van der Waals surface area (Å²) >= 11 is 0. The van der Waals surface area contributed by atoms with Crippen molar-refractivity contribution in [1.82, 2.24) is 25.1 Å². The summed E-state index contributed by atoms with van der Waals surface area (Å²) in [6.07, 6.45) is 1.62. The number of carbonyl (C=O) groups is 1. The molecule has 1 aliphatic heterocycles. The second-order valence-corrected chi connectivity index (χ2v) is 8.82. The third-order valence-electron chi connectivity index (χ3n) is 6.34. The predicted molar refractivity (Wildman–Crippen MR) is 129 cm³/mol. The van der Waals surface area contributed by atoms with Crippen LogP contribution in [0.1, 0.15) is 29.5 Å². The summed E-state index contributed by atoms with van der Waals surface area (Å²) in [4.78, 5) is 14.9. The van der Waals surface area contributed by atoms with Gasteiger partial charge in [-0.3, -0.25) is 4.79 Å². The van der Waals surface area contributed by atoms with Gasteiger partial charge >= 0.3 is 0 Å². The Balaban J connectivity index is 1.23. The summed E-state index contributed by atoms with van der Waals surface area (Å²) < 4.78 is 1.81. The quantitative estimate of drug-likeness (QED) is 0.509. The maximum absolute atomic E-state index is 12.7. The molecule has 2 aromatic heterocycles. The molecule has 1 amide bonds. The van der Waals surface area contributed by atoms with Crippen molar-refractivity contribution < 1.29 is 4.79 Å². The Labute approximate surface area is 193 Å². The highest BCUT2D eigenvalue weighted by Gasteiger charge is 2.26. The first-order valence-electron chi connectivity index (χ1n) is 11.4. The average Bonchev–Trinajstić information content (AvgIpc) is 3.27. The van der Waals surface area contributed by atoms with Gasteiger partial charge in [-0.25, -0.2) is 0 Å². The van der Waals surface area contributed by atoms with Gasteiger partial charge in [0.25, 0.3) is 0 Å². The molecule has 0 spiro atoms. The van der Waals surface area contributed by atoms with Crippen molar-refractivity contribution in [2.45, 2.75) is 33.2 Å². The number of piperidine rings is 1. The van der Waals surface area contributed by atoms with Gasteiger partial charge in [-0.15, -0.1) is 15.3 Å². The van der Waals surface area contributed by atoms with E-state index in [1.54, 1.807) is 4.52 Å². The molecule has 7 heteroatoms. The van der Waals surface area contributed by atoms with Crippen LogP contribution in [0, 0.1) is 19.8 Å². The molecule has 0 unspecified atom stereocenters. The summed E-state index contributed by atoms with van der Waals surface area (Å²) in [7, 11) is 0. The van der Waals surface area contributed by atoms with Crippen molar-refractivity contribution in [2.24, 2.45) is 5.92 Å². The lowest BCUT2D eigenvalue weighted by Gasteiger charge is -2.32. The summed E-state index contributed by atoms with van der Waals surface area (Å²) in [5, 5.41) is 16.5. The van der Waals surface area contributed by atoms with Gasteiger partial charge in [0.2, 0.25) is 5.91 Å². The van der Waals surface area contributed by atoms with Gasteiger partial charge in [0.1, 0.15) is 5.82 Å². The third-order valence-corrected chi connectivity index (χ3v) is 6.34. The van der Waals surface area contributed by atoms with Crippen molar-refractivity contribution in [3.63, 3.8) is 0 Å². The highest BCUT2D eigenvalue weighted by molar-refractivity contribution is 5.79. The number of amides is 1. The number of nitrogens with zero attached hydrogens (tertiary/aromatic N) is 5. The molecular formula is C26H28N6O. The maximum atomic E-state index is 12.7. The fourth-order valence-corrected chi connectivity index (χ4v) is 4.24. The number of hydrogen-bond acceptors (Lipinski definition) is 5. The Morgan fingerprint density at radius 2 is 1.58 bits per heavy atom. The minimum absolute atomic E-state index is 0.0356. The number of benzene rings is 2. The second kappa shape index (κ2) is 9.02. The number of aryl methyl sites for hydroxylation is 2. The molecule has 7 nitrogen and oxygen atoms in total. The minimum atomic E-state index is 0.0356. The highest BCUT2D eigenvalue weighted by atomic mass is 16.1. The van der Waals surface area contributed by atoms with Gasteiger partial charge in [0.15, 0.2) is 11.5 Å². The van der Waals surface area contributed by atoms with Crippen molar-refractivity contribution in [3.8, 4) is 11.4 Å². The molecule has 5 rings (SSSR count). The van der Waals surface area contributed by atoms with Crippen LogP contribution in [0.25, 0.3) is 17.0 Å². The van der Waals surface area contributed by atoms with Crippen molar-refractivity contribution >= 4 is 17.4 Å². The number of carbonyl (C=O) groups excluding carboxylic acids is 1. The normalized spacial score (nSPS) is 14.5. The SMILES string of the molecule is Cc1ccc(CNC(=O)C2CCN(c3ccc4nnc(-c5ccc(C)cc5)n4n3)CC2)cc1. The van der Waals surface area contributed by atoms with E-state index >= 15 is 0 Å². The lowest BCUT2D eigenvalue weighted by Crippen LogP contribution is -2.40. The summed E-state index contributed by atoms with van der Waals surface area (Å²) in [5.41, 5.74) is 5.26. The monoisotopic (exact) mass is 440 g/mol. The number of hydrogen-bond donors (Lipinski definition) is 1. The van der Waals surface area contributed by atoms with E-state index in [4.69, 9.17) is 5.10 Å². The molecule has 1 N–H and O–H groups in total. The largest absolute Gasteiger partial charge is 0.355 e. The molecule has 0 bridgehead atoms. The molecular weight excluding hydrogens is 412 g/mol. The molecule has 4 aromatic rings. The Morgan fingerprint density at radius 1 is 0.909 bits per heavy atom. The zero-order chi connectivity index (χ0) is 22.8. The van der Waals surface area contributed by atoms with Crippen molar-refractivity contribution in [3.05, 3.63) is 77.4 Å². The van der Waals surface area contributed by atoms with Gasteiger partial charge in [0.05, 0.1) is 0 Å². The standard InChI is InChI=1S/C26H28N6O/c1-18-3-7-20(8-4-18)17-27-26(33)22-13-15-31(16-14-22)24-12-11-23-28-29-25(32(23)30-24)21-9-5-19(2)6-10-21/h3-12,22H,13-17H2,1-2H3,(H,27,33). The fourth-order valence-electron chi connectivity index (χ4n) is 4.24. The highest BCUT2D eigenvalue weighted by Crippen LogP contribution is 2.24. The van der Waals surface area contributed by atoms with Gasteiger partial charge in [-0.2, -0.15) is 4.52 Å². The van der Waals surface area contributed by atoms with Crippen LogP contribution in [0.2, 0.25) is 0 Å². The third kappa shape index (κ3) is 4.58. The summed E-state index contributed by atoms with van der Waals surface area (Å²) in [6.45, 7) is 6.29. The Bertz CT molecular complexity index is 1250. The van der Waals surface area contributed by atoms with Crippen LogP contribution in [0.3, 0.4) is 0 Å². The van der Waals surface area contributed by atoms with E-state index < -0.39 is 0 Å². The smallest absolute Gasteiger partial charge is 0.223 e. The molecule has 0 saturated carbocycles. The predicted octanol–water partition coefficient (Wildman–Crippen LogP) is 3.94. The van der Waals surface area contributed by atoms with Crippen LogP contribution < -0.4 is 10.2 Å². The lowest BCUT2D eigenvalue weighted by molar-refractivity contribution is -0.125. The first-order valence-corrected chi connectivity index (χ1v) is 11.4. The van der Waals surface area contributed by atoms with E-state index in [0.29, 0.717) is 6.54 Å². The molecule has 1 fully saturated rings. The van der Waals surface area contributed by atoms with Gasteiger partial charge in [-0.05, 0) is 44.4 Å². The van der Waals surface area contributed by atoms with Gasteiger partial charge in [-0.1, -0.05) is 59.7 Å². The molecule has 2 aromatic carbocycles. The Kier molecular flexibility index (Phi) is 5.77. The number of anilines is 1. The van der Waals surface area contributed by atoms with Crippen LogP contribution in [-0.2, 0) is 11.3 Å². The summed E-state index contributed by atoms with van der Waals surface area (Å²) in [5.74, 6) is 1.79. The molecule has 0 aliphatic carbocycles. The lowest BCUT2D eigenvalue weighted by atomic mass is 9.96. The number of fused-ring (bicyclic) bond motifs is 1. The number of nitrogens with one attached hydrogen (secondary N) is 1. The number of rotatable bonds is 5. The Morgan fingerprint density at radius 3 is 2.27 bits per heavy atom. The molecule has 0 atom stereocenters. The number of aromatic nitrogens is 4.